The molecule has 6 aliphatic rings. The van der Waals surface area contributed by atoms with E-state index in [-0.39, 0.29) is 12.3 Å². The summed E-state index contributed by atoms with van der Waals surface area (Å²) in [4.78, 5) is 7.94. The summed E-state index contributed by atoms with van der Waals surface area (Å²) in [5, 5.41) is 14.3. The lowest BCUT2D eigenvalue weighted by Crippen LogP contribution is -2.52. The number of aromatic nitrogens is 1. The highest BCUT2D eigenvalue weighted by Crippen LogP contribution is 2.47. The highest BCUT2D eigenvalue weighted by atomic mass is 15.3. The van der Waals surface area contributed by atoms with Crippen LogP contribution in [0.15, 0.2) is 173 Å². The molecule has 58 heavy (non-hydrogen) atoms. The van der Waals surface area contributed by atoms with E-state index in [9.17, 15) is 0 Å². The lowest BCUT2D eigenvalue weighted by Gasteiger charge is -2.35. The van der Waals surface area contributed by atoms with Crippen LogP contribution in [0.25, 0.3) is 45.6 Å². The quantitative estimate of drug-likeness (QED) is 0.185. The van der Waals surface area contributed by atoms with E-state index in [1.165, 1.54) is 77.2 Å². The van der Waals surface area contributed by atoms with Crippen molar-refractivity contribution in [3.63, 3.8) is 0 Å². The van der Waals surface area contributed by atoms with Crippen molar-refractivity contribution < 1.29 is 0 Å². The Balaban J connectivity index is 0.974. The highest BCUT2D eigenvalue weighted by Gasteiger charge is 2.41. The molecular weight excluding hydrogens is 707 g/mol. The van der Waals surface area contributed by atoms with Crippen molar-refractivity contribution >= 4 is 51.4 Å². The van der Waals surface area contributed by atoms with Gasteiger partial charge in [0.05, 0.1) is 11.6 Å². The first-order valence-electron chi connectivity index (χ1n) is 21.1. The van der Waals surface area contributed by atoms with Crippen LogP contribution >= 0.6 is 0 Å². The molecule has 5 nitrogen and oxygen atoms in total. The Kier molecular flexibility index (Phi) is 7.90. The molecule has 4 aliphatic carbocycles. The third-order valence-electron chi connectivity index (χ3n) is 13.2. The number of hydrogen-bond donors (Lipinski definition) is 2. The Labute approximate surface area is 339 Å². The number of fused-ring (bicyclic) bond motifs is 7. The maximum Gasteiger partial charge on any atom is 0.131 e. The molecule has 0 spiro atoms. The third-order valence-corrected chi connectivity index (χ3v) is 13.2. The van der Waals surface area contributed by atoms with Crippen LogP contribution in [0.5, 0.6) is 0 Å². The van der Waals surface area contributed by atoms with Gasteiger partial charge in [0.1, 0.15) is 18.2 Å². The summed E-state index contributed by atoms with van der Waals surface area (Å²) in [5.74, 6) is 1.30. The van der Waals surface area contributed by atoms with Crippen molar-refractivity contribution in [2.24, 2.45) is 10.9 Å². The van der Waals surface area contributed by atoms with E-state index >= 15 is 0 Å². The lowest BCUT2D eigenvalue weighted by atomic mass is 9.87. The van der Waals surface area contributed by atoms with Crippen LogP contribution in [0.3, 0.4) is 0 Å². The molecule has 1 aromatic heterocycles. The molecule has 12 rings (SSSR count). The Bertz CT molecular complexity index is 2980. The summed E-state index contributed by atoms with van der Waals surface area (Å²) in [6, 6.07) is 44.1. The van der Waals surface area contributed by atoms with E-state index in [4.69, 9.17) is 4.99 Å². The van der Waals surface area contributed by atoms with Crippen molar-refractivity contribution in [1.29, 1.82) is 0 Å². The maximum absolute atomic E-state index is 5.19. The zero-order valence-electron chi connectivity index (χ0n) is 32.5. The zero-order valence-corrected chi connectivity index (χ0v) is 32.5. The Morgan fingerprint density at radius 2 is 1.45 bits per heavy atom. The molecule has 5 aromatic carbocycles. The van der Waals surface area contributed by atoms with E-state index in [0.29, 0.717) is 12.0 Å². The number of allylic oxidation sites excluding steroid dienone is 7. The van der Waals surface area contributed by atoms with Crippen LogP contribution in [0.4, 0.5) is 0 Å². The average molecular weight is 752 g/mol. The van der Waals surface area contributed by atoms with Gasteiger partial charge in [-0.2, -0.15) is 0 Å². The number of aliphatic imine (C=N–C) groups is 1. The predicted molar refractivity (Wildman–Crippen MR) is 239 cm³/mol. The van der Waals surface area contributed by atoms with Gasteiger partial charge in [0.2, 0.25) is 0 Å². The van der Waals surface area contributed by atoms with Crippen molar-refractivity contribution in [2.75, 3.05) is 0 Å². The first kappa shape index (κ1) is 33.7. The minimum Gasteiger partial charge on any atom is -0.351 e. The van der Waals surface area contributed by atoms with Gasteiger partial charge in [-0.3, -0.25) is 5.32 Å². The SMILES string of the molecule is C1=CC2=C(CC1)N(C1=Cc3c(n(C4=CCCC(C5NC(c6ccccc6)=NC(c6ccccc6)N5)=C4)c4cc5ccccc5cc34)CC1)C1C=c3ccccc3=CC21. The van der Waals surface area contributed by atoms with E-state index in [1.807, 2.05) is 0 Å². The van der Waals surface area contributed by atoms with Gasteiger partial charge >= 0.3 is 0 Å². The van der Waals surface area contributed by atoms with Crippen LogP contribution in [0.1, 0.15) is 60.7 Å². The zero-order chi connectivity index (χ0) is 38.2. The number of benzene rings is 5. The fourth-order valence-electron chi connectivity index (χ4n) is 10.5. The van der Waals surface area contributed by atoms with E-state index in [1.54, 1.807) is 0 Å². The molecule has 0 saturated carbocycles. The summed E-state index contributed by atoms with van der Waals surface area (Å²) in [7, 11) is 0. The highest BCUT2D eigenvalue weighted by molar-refractivity contribution is 6.04. The van der Waals surface area contributed by atoms with Crippen LogP contribution in [-0.2, 0) is 6.42 Å². The molecule has 3 heterocycles. The second-order valence-corrected chi connectivity index (χ2v) is 16.5. The number of rotatable bonds is 5. The van der Waals surface area contributed by atoms with Crippen molar-refractivity contribution in [2.45, 2.75) is 56.9 Å². The fraction of sp³-hybridized carbons (Fsp3) is 0.189. The lowest BCUT2D eigenvalue weighted by molar-refractivity contribution is 0.364. The molecule has 5 heteroatoms. The molecule has 0 saturated heterocycles. The predicted octanol–water partition coefficient (Wildman–Crippen LogP) is 9.49. The fourth-order valence-corrected chi connectivity index (χ4v) is 10.5. The van der Waals surface area contributed by atoms with Gasteiger partial charge in [-0.15, -0.1) is 0 Å². The summed E-state index contributed by atoms with van der Waals surface area (Å²) in [6.45, 7) is 0. The molecule has 282 valence electrons. The van der Waals surface area contributed by atoms with Crippen LogP contribution in [0.2, 0.25) is 0 Å². The number of hydrogen-bond acceptors (Lipinski definition) is 4. The van der Waals surface area contributed by atoms with Crippen molar-refractivity contribution in [3.05, 3.63) is 201 Å². The molecule has 2 aliphatic heterocycles. The van der Waals surface area contributed by atoms with Crippen LogP contribution in [-0.4, -0.2) is 27.5 Å². The smallest absolute Gasteiger partial charge is 0.131 e. The van der Waals surface area contributed by atoms with E-state index < -0.39 is 0 Å². The summed E-state index contributed by atoms with van der Waals surface area (Å²) in [5.41, 5.74) is 13.4. The Hall–Kier alpha value is -6.43. The van der Waals surface area contributed by atoms with Gasteiger partial charge in [-0.25, -0.2) is 4.99 Å². The molecule has 4 unspecified atom stereocenters. The monoisotopic (exact) mass is 751 g/mol. The molecular formula is C53H45N5. The molecule has 4 atom stereocenters. The number of nitrogens with zero attached hydrogens (tertiary/aromatic N) is 3. The van der Waals surface area contributed by atoms with Gasteiger partial charge in [0, 0.05) is 45.2 Å². The largest absolute Gasteiger partial charge is 0.351 e. The van der Waals surface area contributed by atoms with Crippen molar-refractivity contribution in [3.8, 4) is 0 Å². The van der Waals surface area contributed by atoms with Gasteiger partial charge in [-0.05, 0) is 101 Å². The minimum absolute atomic E-state index is 0.0598. The van der Waals surface area contributed by atoms with Gasteiger partial charge in [-0.1, -0.05) is 140 Å². The standard InChI is InChI=1S/C53H45N5/c1-3-14-34(15-4-1)51-54-52(35-16-5-2-6-17-35)56-53(55-51)40-22-13-23-41(28-40)57-48-27-26-42(33-46(48)45-30-37-19-8-10-21-39(37)32-50(45)57)58-47-25-12-11-24-43(47)44-29-36-18-7-9-20-38(36)31-49(44)58/h1-11,14-21,23-24,28-33,44,49,51,53,55H,12-13,22,25-27H2,(H,54,56). The normalized spacial score (nSPS) is 23.3. The topological polar surface area (TPSA) is 44.6 Å². The maximum atomic E-state index is 5.19. The van der Waals surface area contributed by atoms with Crippen molar-refractivity contribution in [1.82, 2.24) is 20.1 Å². The van der Waals surface area contributed by atoms with E-state index in [2.05, 4.69) is 184 Å². The van der Waals surface area contributed by atoms with E-state index in [0.717, 1.165) is 49.9 Å². The summed E-state index contributed by atoms with van der Waals surface area (Å²) < 4.78 is 2.60. The molecule has 0 fully saturated rings. The molecule has 2 N–H and O–H groups in total. The third kappa shape index (κ3) is 5.52. The van der Waals surface area contributed by atoms with Gasteiger partial charge in [0.25, 0.3) is 0 Å². The minimum atomic E-state index is -0.152. The first-order chi connectivity index (χ1) is 28.7. The van der Waals surface area contributed by atoms with Crippen LogP contribution < -0.4 is 21.1 Å². The number of nitrogens with one attached hydrogen (secondary N) is 2. The summed E-state index contributed by atoms with van der Waals surface area (Å²) >= 11 is 0. The van der Waals surface area contributed by atoms with Gasteiger partial charge < -0.3 is 14.8 Å². The second kappa shape index (κ2) is 13.6. The van der Waals surface area contributed by atoms with Gasteiger partial charge in [0.15, 0.2) is 0 Å². The molecule has 0 radical (unpaired) electrons. The first-order valence-corrected chi connectivity index (χ1v) is 21.1. The second-order valence-electron chi connectivity index (χ2n) is 16.5. The Morgan fingerprint density at radius 3 is 2.29 bits per heavy atom. The Morgan fingerprint density at radius 1 is 0.690 bits per heavy atom. The average Bonchev–Trinajstić information content (AvgIpc) is 3.79. The van der Waals surface area contributed by atoms with Crippen LogP contribution in [0, 0.1) is 5.92 Å². The summed E-state index contributed by atoms with van der Waals surface area (Å²) in [6.07, 6.45) is 23.3. The number of amidine groups is 1. The molecule has 6 aromatic rings. The molecule has 0 amide bonds. The molecule has 0 bridgehead atoms.